The predicted molar refractivity (Wildman–Crippen MR) is 85.9 cm³/mol. The zero-order valence-electron chi connectivity index (χ0n) is 13.6. The van der Waals surface area contributed by atoms with Crippen LogP contribution < -0.4 is 10.6 Å². The van der Waals surface area contributed by atoms with E-state index in [2.05, 4.69) is 10.6 Å². The lowest BCUT2D eigenvalue weighted by Crippen LogP contribution is -2.42. The van der Waals surface area contributed by atoms with Gasteiger partial charge in [0.2, 0.25) is 11.8 Å². The van der Waals surface area contributed by atoms with Crippen molar-refractivity contribution in [2.75, 3.05) is 27.2 Å². The van der Waals surface area contributed by atoms with Crippen molar-refractivity contribution in [3.05, 3.63) is 35.4 Å². The zero-order chi connectivity index (χ0) is 17.4. The Morgan fingerprint density at radius 3 is 2.39 bits per heavy atom. The maximum absolute atomic E-state index is 12.4. The molecular weight excluding hydrogens is 298 g/mol. The number of likely N-dealkylation sites (N-methyl/N-ethyl adjacent to an activating group) is 1. The van der Waals surface area contributed by atoms with Gasteiger partial charge in [-0.15, -0.1) is 0 Å². The summed E-state index contributed by atoms with van der Waals surface area (Å²) in [4.78, 5) is 36.1. The number of benzene rings is 1. The molecule has 0 aromatic heterocycles. The summed E-state index contributed by atoms with van der Waals surface area (Å²) in [6, 6.07) is 7.08. The summed E-state index contributed by atoms with van der Waals surface area (Å²) >= 11 is 0. The van der Waals surface area contributed by atoms with Crippen LogP contribution in [0.3, 0.4) is 0 Å². The van der Waals surface area contributed by atoms with Crippen molar-refractivity contribution >= 4 is 17.8 Å². The number of aryl methyl sites for hydroxylation is 1. The topological polar surface area (TPSA) is 98.7 Å². The van der Waals surface area contributed by atoms with Crippen molar-refractivity contribution in [1.29, 1.82) is 0 Å². The van der Waals surface area contributed by atoms with E-state index in [1.807, 2.05) is 31.2 Å². The molecule has 7 nitrogen and oxygen atoms in total. The second kappa shape index (κ2) is 8.89. The minimum atomic E-state index is -0.985. The molecule has 0 radical (unpaired) electrons. The number of nitrogens with one attached hydrogen (secondary N) is 2. The van der Waals surface area contributed by atoms with E-state index in [0.717, 1.165) is 11.1 Å². The number of hydrogen-bond donors (Lipinski definition) is 3. The van der Waals surface area contributed by atoms with Gasteiger partial charge in [0.15, 0.2) is 0 Å². The molecule has 2 amide bonds. The van der Waals surface area contributed by atoms with Crippen LogP contribution in [0, 0.1) is 6.92 Å². The molecule has 3 N–H and O–H groups in total. The number of amides is 2. The van der Waals surface area contributed by atoms with E-state index in [1.165, 1.54) is 0 Å². The van der Waals surface area contributed by atoms with E-state index in [9.17, 15) is 14.4 Å². The Morgan fingerprint density at radius 1 is 1.17 bits per heavy atom. The van der Waals surface area contributed by atoms with Gasteiger partial charge in [0.1, 0.15) is 6.04 Å². The molecule has 0 saturated carbocycles. The molecule has 0 heterocycles. The average Bonchev–Trinajstić information content (AvgIpc) is 2.46. The third-order valence-electron chi connectivity index (χ3n) is 3.33. The van der Waals surface area contributed by atoms with Crippen molar-refractivity contribution in [1.82, 2.24) is 15.5 Å². The van der Waals surface area contributed by atoms with Crippen LogP contribution in [0.1, 0.15) is 23.6 Å². The Labute approximate surface area is 135 Å². The van der Waals surface area contributed by atoms with E-state index in [0.29, 0.717) is 0 Å². The maximum atomic E-state index is 12.4. The van der Waals surface area contributed by atoms with Gasteiger partial charge in [-0.3, -0.25) is 19.3 Å². The Bertz CT molecular complexity index is 572. The van der Waals surface area contributed by atoms with Gasteiger partial charge in [-0.1, -0.05) is 24.3 Å². The lowest BCUT2D eigenvalue weighted by molar-refractivity contribution is -0.137. The number of carboxylic acid groups (broad SMARTS) is 1. The summed E-state index contributed by atoms with van der Waals surface area (Å²) in [6.07, 6.45) is -0.150. The first kappa shape index (κ1) is 18.6. The van der Waals surface area contributed by atoms with E-state index < -0.39 is 17.9 Å². The van der Waals surface area contributed by atoms with E-state index in [4.69, 9.17) is 5.11 Å². The smallest absolute Gasteiger partial charge is 0.305 e. The van der Waals surface area contributed by atoms with Gasteiger partial charge in [0.05, 0.1) is 13.0 Å². The SMILES string of the molecule is Cc1ccccc1C(C(=O)NCC(=O)NCCC(=O)O)N(C)C. The summed E-state index contributed by atoms with van der Waals surface area (Å²) in [5.74, 6) is -1.68. The molecule has 7 heteroatoms. The van der Waals surface area contributed by atoms with Gasteiger partial charge in [-0.25, -0.2) is 0 Å². The molecular formula is C16H23N3O4. The van der Waals surface area contributed by atoms with Gasteiger partial charge in [-0.2, -0.15) is 0 Å². The van der Waals surface area contributed by atoms with E-state index >= 15 is 0 Å². The van der Waals surface area contributed by atoms with Gasteiger partial charge in [0.25, 0.3) is 0 Å². The number of aliphatic carboxylic acids is 1. The summed E-state index contributed by atoms with van der Waals surface area (Å²) in [6.45, 7) is 1.78. The van der Waals surface area contributed by atoms with Crippen LogP contribution in [0.4, 0.5) is 0 Å². The average molecular weight is 321 g/mol. The molecule has 0 fully saturated rings. The number of carboxylic acids is 1. The monoisotopic (exact) mass is 321 g/mol. The Hall–Kier alpha value is -2.41. The van der Waals surface area contributed by atoms with Gasteiger partial charge < -0.3 is 15.7 Å². The number of carbonyl (C=O) groups is 3. The fourth-order valence-electron chi connectivity index (χ4n) is 2.18. The highest BCUT2D eigenvalue weighted by Gasteiger charge is 2.24. The van der Waals surface area contributed by atoms with Crippen molar-refractivity contribution in [2.24, 2.45) is 0 Å². The second-order valence-corrected chi connectivity index (χ2v) is 5.43. The highest BCUT2D eigenvalue weighted by molar-refractivity contribution is 5.88. The lowest BCUT2D eigenvalue weighted by Gasteiger charge is -2.25. The summed E-state index contributed by atoms with van der Waals surface area (Å²) < 4.78 is 0. The minimum absolute atomic E-state index is 0.0406. The summed E-state index contributed by atoms with van der Waals surface area (Å²) in [7, 11) is 3.59. The first-order valence-corrected chi connectivity index (χ1v) is 7.31. The Kier molecular flexibility index (Phi) is 7.21. The lowest BCUT2D eigenvalue weighted by atomic mass is 10.00. The molecule has 0 spiro atoms. The number of nitrogens with zero attached hydrogens (tertiary/aromatic N) is 1. The van der Waals surface area contributed by atoms with Gasteiger partial charge in [-0.05, 0) is 32.1 Å². The molecule has 1 aromatic rings. The fraction of sp³-hybridized carbons (Fsp3) is 0.438. The van der Waals surface area contributed by atoms with Gasteiger partial charge in [0, 0.05) is 6.54 Å². The molecule has 1 atom stereocenters. The van der Waals surface area contributed by atoms with Crippen LogP contribution in [-0.4, -0.2) is 55.0 Å². The van der Waals surface area contributed by atoms with Crippen molar-refractivity contribution in [2.45, 2.75) is 19.4 Å². The Morgan fingerprint density at radius 2 is 1.83 bits per heavy atom. The first-order chi connectivity index (χ1) is 10.8. The van der Waals surface area contributed by atoms with E-state index in [-0.39, 0.29) is 25.4 Å². The molecule has 1 aromatic carbocycles. The largest absolute Gasteiger partial charge is 0.481 e. The number of hydrogen-bond acceptors (Lipinski definition) is 4. The first-order valence-electron chi connectivity index (χ1n) is 7.31. The minimum Gasteiger partial charge on any atom is -0.481 e. The maximum Gasteiger partial charge on any atom is 0.305 e. The molecule has 23 heavy (non-hydrogen) atoms. The van der Waals surface area contributed by atoms with Crippen molar-refractivity contribution in [3.63, 3.8) is 0 Å². The molecule has 1 unspecified atom stereocenters. The van der Waals surface area contributed by atoms with Gasteiger partial charge >= 0.3 is 5.97 Å². The van der Waals surface area contributed by atoms with E-state index in [1.54, 1.807) is 19.0 Å². The van der Waals surface area contributed by atoms with Crippen molar-refractivity contribution < 1.29 is 19.5 Å². The second-order valence-electron chi connectivity index (χ2n) is 5.43. The van der Waals surface area contributed by atoms with Crippen LogP contribution in [-0.2, 0) is 14.4 Å². The third-order valence-corrected chi connectivity index (χ3v) is 3.33. The molecule has 0 aliphatic rings. The van der Waals surface area contributed by atoms with Crippen LogP contribution in [0.5, 0.6) is 0 Å². The highest BCUT2D eigenvalue weighted by Crippen LogP contribution is 2.21. The quantitative estimate of drug-likeness (QED) is 0.640. The fourth-order valence-corrected chi connectivity index (χ4v) is 2.18. The zero-order valence-corrected chi connectivity index (χ0v) is 13.6. The van der Waals surface area contributed by atoms with Crippen molar-refractivity contribution in [3.8, 4) is 0 Å². The summed E-state index contributed by atoms with van der Waals surface area (Å²) in [5.41, 5.74) is 1.87. The molecule has 0 bridgehead atoms. The molecule has 126 valence electrons. The molecule has 1 rings (SSSR count). The van der Waals surface area contributed by atoms with Crippen LogP contribution in [0.2, 0.25) is 0 Å². The predicted octanol–water partition coefficient (Wildman–Crippen LogP) is 0.305. The number of rotatable bonds is 8. The highest BCUT2D eigenvalue weighted by atomic mass is 16.4. The molecule has 0 saturated heterocycles. The molecule has 0 aliphatic heterocycles. The molecule has 0 aliphatic carbocycles. The standard InChI is InChI=1S/C16H23N3O4/c1-11-6-4-5-7-12(11)15(19(2)3)16(23)18-10-13(20)17-9-8-14(21)22/h4-7,15H,8-10H2,1-3H3,(H,17,20)(H,18,23)(H,21,22). The normalized spacial score (nSPS) is 11.8. The Balaban J connectivity index is 2.61. The number of carbonyl (C=O) groups excluding carboxylic acids is 2. The summed E-state index contributed by atoms with van der Waals surface area (Å²) in [5, 5.41) is 13.5. The van der Waals surface area contributed by atoms with Crippen LogP contribution >= 0.6 is 0 Å². The third kappa shape index (κ3) is 6.07. The van der Waals surface area contributed by atoms with Crippen LogP contribution in [0.15, 0.2) is 24.3 Å². The van der Waals surface area contributed by atoms with Crippen LogP contribution in [0.25, 0.3) is 0 Å².